The lowest BCUT2D eigenvalue weighted by Gasteiger charge is -2.20. The highest BCUT2D eigenvalue weighted by atomic mass is 16.5. The molecule has 21 heavy (non-hydrogen) atoms. The molecule has 0 aliphatic rings. The van der Waals surface area contributed by atoms with Crippen LogP contribution in [-0.2, 0) is 0 Å². The molecule has 0 fully saturated rings. The van der Waals surface area contributed by atoms with Crippen molar-refractivity contribution in [1.29, 1.82) is 0 Å². The number of hydrogen-bond acceptors (Lipinski definition) is 2. The minimum absolute atomic E-state index is 0.145. The van der Waals surface area contributed by atoms with Crippen LogP contribution in [0.3, 0.4) is 0 Å². The van der Waals surface area contributed by atoms with Crippen molar-refractivity contribution in [3.8, 4) is 5.75 Å². The maximum atomic E-state index is 5.49. The molecule has 0 spiro atoms. The Morgan fingerprint density at radius 1 is 1.00 bits per heavy atom. The van der Waals surface area contributed by atoms with E-state index in [0.717, 1.165) is 5.75 Å². The summed E-state index contributed by atoms with van der Waals surface area (Å²) in [5, 5.41) is 3.39. The van der Waals surface area contributed by atoms with Crippen LogP contribution >= 0.6 is 0 Å². The number of ether oxygens (including phenoxy) is 1. The molecule has 2 heteroatoms. The third-order valence-corrected chi connectivity index (χ3v) is 4.19. The standard InChI is InChI=1S/C19H25NO/c1-5-14(2)15-10-12-16(13-11-15)19(20-3)17-8-6-7-9-18(17)21-4/h6-14,19-20H,5H2,1-4H3. The van der Waals surface area contributed by atoms with E-state index in [1.165, 1.54) is 23.1 Å². The predicted octanol–water partition coefficient (Wildman–Crippen LogP) is 4.52. The molecule has 0 saturated carbocycles. The summed E-state index contributed by atoms with van der Waals surface area (Å²) in [6.45, 7) is 4.49. The minimum atomic E-state index is 0.145. The van der Waals surface area contributed by atoms with Crippen molar-refractivity contribution >= 4 is 0 Å². The fourth-order valence-corrected chi connectivity index (χ4v) is 2.66. The largest absolute Gasteiger partial charge is 0.496 e. The molecule has 0 radical (unpaired) electrons. The van der Waals surface area contributed by atoms with E-state index in [4.69, 9.17) is 4.74 Å². The van der Waals surface area contributed by atoms with Gasteiger partial charge in [0, 0.05) is 5.56 Å². The monoisotopic (exact) mass is 283 g/mol. The van der Waals surface area contributed by atoms with Crippen molar-refractivity contribution in [2.45, 2.75) is 32.2 Å². The highest BCUT2D eigenvalue weighted by Crippen LogP contribution is 2.30. The van der Waals surface area contributed by atoms with Crippen molar-refractivity contribution in [3.05, 3.63) is 65.2 Å². The summed E-state index contributed by atoms with van der Waals surface area (Å²) in [5.41, 5.74) is 3.82. The van der Waals surface area contributed by atoms with E-state index in [9.17, 15) is 0 Å². The molecule has 2 unspecified atom stereocenters. The first-order chi connectivity index (χ1) is 10.2. The number of nitrogens with one attached hydrogen (secondary N) is 1. The average molecular weight is 283 g/mol. The van der Waals surface area contributed by atoms with Gasteiger partial charge in [-0.15, -0.1) is 0 Å². The Morgan fingerprint density at radius 3 is 2.19 bits per heavy atom. The highest BCUT2D eigenvalue weighted by molar-refractivity contribution is 5.42. The third-order valence-electron chi connectivity index (χ3n) is 4.19. The first-order valence-electron chi connectivity index (χ1n) is 7.61. The zero-order chi connectivity index (χ0) is 15.2. The first-order valence-corrected chi connectivity index (χ1v) is 7.61. The van der Waals surface area contributed by atoms with Gasteiger partial charge in [0.05, 0.1) is 13.2 Å². The van der Waals surface area contributed by atoms with Gasteiger partial charge in [-0.1, -0.05) is 56.3 Å². The Kier molecular flexibility index (Phi) is 5.40. The second kappa shape index (κ2) is 7.28. The third kappa shape index (κ3) is 3.45. The number of para-hydroxylation sites is 1. The molecule has 112 valence electrons. The van der Waals surface area contributed by atoms with Crippen molar-refractivity contribution in [3.63, 3.8) is 0 Å². The Morgan fingerprint density at radius 2 is 1.62 bits per heavy atom. The smallest absolute Gasteiger partial charge is 0.123 e. The lowest BCUT2D eigenvalue weighted by atomic mass is 9.93. The Labute approximate surface area is 128 Å². The molecule has 0 amide bonds. The van der Waals surface area contributed by atoms with Crippen molar-refractivity contribution in [2.75, 3.05) is 14.2 Å². The molecule has 2 nitrogen and oxygen atoms in total. The molecule has 1 N–H and O–H groups in total. The molecule has 0 aliphatic carbocycles. The summed E-state index contributed by atoms with van der Waals surface area (Å²) in [4.78, 5) is 0. The second-order valence-electron chi connectivity index (χ2n) is 5.44. The summed E-state index contributed by atoms with van der Waals surface area (Å²) in [5.74, 6) is 1.53. The van der Waals surface area contributed by atoms with Gasteiger partial charge in [-0.3, -0.25) is 0 Å². The van der Waals surface area contributed by atoms with Gasteiger partial charge in [-0.2, -0.15) is 0 Å². The molecule has 2 rings (SSSR count). The van der Waals surface area contributed by atoms with Gasteiger partial charge in [0.1, 0.15) is 5.75 Å². The molecule has 0 saturated heterocycles. The van der Waals surface area contributed by atoms with Crippen molar-refractivity contribution in [1.82, 2.24) is 5.32 Å². The summed E-state index contributed by atoms with van der Waals surface area (Å²) in [6, 6.07) is 17.2. The fraction of sp³-hybridized carbons (Fsp3) is 0.368. The van der Waals surface area contributed by atoms with E-state index in [0.29, 0.717) is 5.92 Å². The summed E-state index contributed by atoms with van der Waals surface area (Å²) in [6.07, 6.45) is 1.17. The maximum absolute atomic E-state index is 5.49. The lowest BCUT2D eigenvalue weighted by Crippen LogP contribution is -2.18. The quantitative estimate of drug-likeness (QED) is 0.841. The van der Waals surface area contributed by atoms with Crippen molar-refractivity contribution in [2.24, 2.45) is 0 Å². The normalized spacial score (nSPS) is 13.7. The zero-order valence-corrected chi connectivity index (χ0v) is 13.4. The van der Waals surface area contributed by atoms with Gasteiger partial charge < -0.3 is 10.1 Å². The lowest BCUT2D eigenvalue weighted by molar-refractivity contribution is 0.405. The van der Waals surface area contributed by atoms with Gasteiger partial charge in [-0.05, 0) is 36.6 Å². The Balaban J connectivity index is 2.33. The maximum Gasteiger partial charge on any atom is 0.123 e. The van der Waals surface area contributed by atoms with Crippen LogP contribution in [0.2, 0.25) is 0 Å². The molecule has 0 bridgehead atoms. The fourth-order valence-electron chi connectivity index (χ4n) is 2.66. The van der Waals surface area contributed by atoms with Crippen LogP contribution < -0.4 is 10.1 Å². The van der Waals surface area contributed by atoms with Gasteiger partial charge in [-0.25, -0.2) is 0 Å². The first kappa shape index (κ1) is 15.6. The number of rotatable bonds is 6. The molecular weight excluding hydrogens is 258 g/mol. The summed E-state index contributed by atoms with van der Waals surface area (Å²) < 4.78 is 5.49. The van der Waals surface area contributed by atoms with E-state index >= 15 is 0 Å². The average Bonchev–Trinajstić information content (AvgIpc) is 2.56. The van der Waals surface area contributed by atoms with Crippen LogP contribution in [0.4, 0.5) is 0 Å². The van der Waals surface area contributed by atoms with Crippen LogP contribution in [0.25, 0.3) is 0 Å². The van der Waals surface area contributed by atoms with Crippen LogP contribution in [0.1, 0.15) is 48.9 Å². The van der Waals surface area contributed by atoms with Crippen LogP contribution in [0, 0.1) is 0 Å². The van der Waals surface area contributed by atoms with Crippen LogP contribution in [0.15, 0.2) is 48.5 Å². The van der Waals surface area contributed by atoms with Gasteiger partial charge in [0.25, 0.3) is 0 Å². The van der Waals surface area contributed by atoms with Crippen LogP contribution in [-0.4, -0.2) is 14.2 Å². The molecule has 2 aromatic carbocycles. The van der Waals surface area contributed by atoms with Gasteiger partial charge in [0.2, 0.25) is 0 Å². The predicted molar refractivity (Wildman–Crippen MR) is 89.0 cm³/mol. The highest BCUT2D eigenvalue weighted by Gasteiger charge is 2.16. The van der Waals surface area contributed by atoms with E-state index in [1.807, 2.05) is 19.2 Å². The molecule has 0 heterocycles. The van der Waals surface area contributed by atoms with Gasteiger partial charge >= 0.3 is 0 Å². The van der Waals surface area contributed by atoms with Gasteiger partial charge in [0.15, 0.2) is 0 Å². The zero-order valence-electron chi connectivity index (χ0n) is 13.4. The topological polar surface area (TPSA) is 21.3 Å². The molecule has 2 atom stereocenters. The molecule has 0 aliphatic heterocycles. The van der Waals surface area contributed by atoms with E-state index in [2.05, 4.69) is 55.6 Å². The van der Waals surface area contributed by atoms with E-state index < -0.39 is 0 Å². The van der Waals surface area contributed by atoms with E-state index in [1.54, 1.807) is 7.11 Å². The Hall–Kier alpha value is -1.80. The van der Waals surface area contributed by atoms with E-state index in [-0.39, 0.29) is 6.04 Å². The second-order valence-corrected chi connectivity index (χ2v) is 5.44. The summed E-state index contributed by atoms with van der Waals surface area (Å²) >= 11 is 0. The SMILES string of the molecule is CCC(C)c1ccc(C(NC)c2ccccc2OC)cc1. The van der Waals surface area contributed by atoms with Crippen LogP contribution in [0.5, 0.6) is 5.75 Å². The van der Waals surface area contributed by atoms with Crippen molar-refractivity contribution < 1.29 is 4.74 Å². The number of methoxy groups -OCH3 is 1. The number of hydrogen-bond donors (Lipinski definition) is 1. The number of benzene rings is 2. The molecular formula is C19H25NO. The molecule has 0 aromatic heterocycles. The minimum Gasteiger partial charge on any atom is -0.496 e. The Bertz CT molecular complexity index is 562. The summed E-state index contributed by atoms with van der Waals surface area (Å²) in [7, 11) is 3.71. The molecule has 2 aromatic rings.